The Hall–Kier alpha value is -1.00. The molecule has 0 fully saturated rings. The zero-order valence-corrected chi connectivity index (χ0v) is 10.9. The lowest BCUT2D eigenvalue weighted by Gasteiger charge is -2.01. The van der Waals surface area contributed by atoms with Crippen LogP contribution in [0.15, 0.2) is 34.8 Å². The van der Waals surface area contributed by atoms with Crippen LogP contribution in [0, 0.1) is 12.7 Å². The van der Waals surface area contributed by atoms with Crippen LogP contribution in [0.3, 0.4) is 0 Å². The summed E-state index contributed by atoms with van der Waals surface area (Å²) in [4.78, 5) is 13.8. The van der Waals surface area contributed by atoms with Crippen molar-refractivity contribution >= 4 is 33.0 Å². The van der Waals surface area contributed by atoms with Gasteiger partial charge < -0.3 is 0 Å². The molecule has 2 rings (SSSR count). The summed E-state index contributed by atoms with van der Waals surface area (Å²) in [7, 11) is 0. The molecule has 0 unspecified atom stereocenters. The average Bonchev–Trinajstić information content (AvgIpc) is 2.64. The first-order chi connectivity index (χ1) is 7.58. The fourth-order valence-electron chi connectivity index (χ4n) is 1.36. The van der Waals surface area contributed by atoms with E-state index in [0.29, 0.717) is 14.9 Å². The van der Waals surface area contributed by atoms with E-state index in [2.05, 4.69) is 15.9 Å². The van der Waals surface area contributed by atoms with Crippen LogP contribution in [0.2, 0.25) is 0 Å². The molecular weight excluding hydrogens is 291 g/mol. The highest BCUT2D eigenvalue weighted by Gasteiger charge is 2.14. The van der Waals surface area contributed by atoms with Crippen LogP contribution < -0.4 is 0 Å². The lowest BCUT2D eigenvalue weighted by Crippen LogP contribution is -1.99. The number of carbonyl (C=O) groups excluding carboxylic acids is 1. The molecule has 2 aromatic rings. The summed E-state index contributed by atoms with van der Waals surface area (Å²) in [6.07, 6.45) is 0. The molecule has 0 aliphatic rings. The molecular formula is C12H8BrFOS. The van der Waals surface area contributed by atoms with E-state index in [9.17, 15) is 9.18 Å². The van der Waals surface area contributed by atoms with Crippen molar-refractivity contribution in [3.63, 3.8) is 0 Å². The van der Waals surface area contributed by atoms with Gasteiger partial charge in [0, 0.05) is 14.9 Å². The predicted octanol–water partition coefficient (Wildman–Crippen LogP) is 4.19. The normalized spacial score (nSPS) is 10.4. The Labute approximate surface area is 105 Å². The first kappa shape index (κ1) is 11.5. The van der Waals surface area contributed by atoms with Crippen LogP contribution in [0.5, 0.6) is 0 Å². The van der Waals surface area contributed by atoms with Crippen molar-refractivity contribution in [3.8, 4) is 0 Å². The molecule has 1 heterocycles. The topological polar surface area (TPSA) is 17.1 Å². The molecule has 82 valence electrons. The lowest BCUT2D eigenvalue weighted by atomic mass is 10.1. The fraction of sp³-hybridized carbons (Fsp3) is 0.0833. The summed E-state index contributed by atoms with van der Waals surface area (Å²) >= 11 is 4.64. The van der Waals surface area contributed by atoms with Gasteiger partial charge in [0.2, 0.25) is 5.78 Å². The maximum atomic E-state index is 12.9. The summed E-state index contributed by atoms with van der Waals surface area (Å²) in [5.41, 5.74) is 0.489. The highest BCUT2D eigenvalue weighted by Crippen LogP contribution is 2.24. The number of halogens is 2. The second-order valence-electron chi connectivity index (χ2n) is 3.36. The standard InChI is InChI=1S/C12H8BrFOS/c1-7-2-5-11(16-7)12(15)9-4-3-8(14)6-10(9)13/h2-6H,1H3. The van der Waals surface area contributed by atoms with Gasteiger partial charge in [-0.2, -0.15) is 0 Å². The van der Waals surface area contributed by atoms with Crippen molar-refractivity contribution in [2.75, 3.05) is 0 Å². The maximum absolute atomic E-state index is 12.9. The second-order valence-corrected chi connectivity index (χ2v) is 5.51. The minimum Gasteiger partial charge on any atom is -0.288 e. The second kappa shape index (κ2) is 4.47. The number of hydrogen-bond acceptors (Lipinski definition) is 2. The van der Waals surface area contributed by atoms with Crippen LogP contribution >= 0.6 is 27.3 Å². The van der Waals surface area contributed by atoms with E-state index in [0.717, 1.165) is 4.88 Å². The van der Waals surface area contributed by atoms with Gasteiger partial charge in [0.05, 0.1) is 4.88 Å². The molecule has 0 bridgehead atoms. The molecule has 16 heavy (non-hydrogen) atoms. The van der Waals surface area contributed by atoms with Gasteiger partial charge >= 0.3 is 0 Å². The molecule has 0 amide bonds. The third-order valence-electron chi connectivity index (χ3n) is 2.14. The van der Waals surface area contributed by atoms with E-state index in [1.165, 1.54) is 29.5 Å². The third-order valence-corrected chi connectivity index (χ3v) is 3.80. The van der Waals surface area contributed by atoms with E-state index < -0.39 is 0 Å². The molecule has 1 nitrogen and oxygen atoms in total. The number of aryl methyl sites for hydroxylation is 1. The Bertz CT molecular complexity index is 548. The summed E-state index contributed by atoms with van der Waals surface area (Å²) in [5.74, 6) is -0.434. The van der Waals surface area contributed by atoms with Gasteiger partial charge in [0.15, 0.2) is 0 Å². The number of hydrogen-bond donors (Lipinski definition) is 0. The number of carbonyl (C=O) groups is 1. The summed E-state index contributed by atoms with van der Waals surface area (Å²) < 4.78 is 13.4. The molecule has 0 aliphatic heterocycles. The van der Waals surface area contributed by atoms with Crippen LogP contribution in [-0.4, -0.2) is 5.78 Å². The predicted molar refractivity (Wildman–Crippen MR) is 66.6 cm³/mol. The van der Waals surface area contributed by atoms with Gasteiger partial charge in [0.25, 0.3) is 0 Å². The van der Waals surface area contributed by atoms with E-state index in [4.69, 9.17) is 0 Å². The van der Waals surface area contributed by atoms with Gasteiger partial charge in [-0.3, -0.25) is 4.79 Å². The summed E-state index contributed by atoms with van der Waals surface area (Å²) in [5, 5.41) is 0. The molecule has 0 N–H and O–H groups in total. The van der Waals surface area contributed by atoms with Crippen molar-refractivity contribution in [2.45, 2.75) is 6.92 Å². The van der Waals surface area contributed by atoms with E-state index in [1.54, 1.807) is 6.07 Å². The largest absolute Gasteiger partial charge is 0.288 e. The fourth-order valence-corrected chi connectivity index (χ4v) is 2.72. The van der Waals surface area contributed by atoms with Gasteiger partial charge in [-0.15, -0.1) is 11.3 Å². The van der Waals surface area contributed by atoms with Crippen molar-refractivity contribution in [1.82, 2.24) is 0 Å². The van der Waals surface area contributed by atoms with Gasteiger partial charge in [-0.25, -0.2) is 4.39 Å². The summed E-state index contributed by atoms with van der Waals surface area (Å²) in [6.45, 7) is 1.95. The Morgan fingerprint density at radius 1 is 1.31 bits per heavy atom. The van der Waals surface area contributed by atoms with Crippen LogP contribution in [0.1, 0.15) is 20.1 Å². The molecule has 1 aromatic heterocycles. The van der Waals surface area contributed by atoms with Crippen LogP contribution in [0.4, 0.5) is 4.39 Å². The monoisotopic (exact) mass is 298 g/mol. The zero-order valence-electron chi connectivity index (χ0n) is 8.46. The number of rotatable bonds is 2. The van der Waals surface area contributed by atoms with E-state index in [1.807, 2.05) is 13.0 Å². The van der Waals surface area contributed by atoms with Crippen LogP contribution in [-0.2, 0) is 0 Å². The van der Waals surface area contributed by atoms with Crippen molar-refractivity contribution in [3.05, 3.63) is 55.9 Å². The SMILES string of the molecule is Cc1ccc(C(=O)c2ccc(F)cc2Br)s1. The minimum atomic E-state index is -0.356. The number of benzene rings is 1. The Kier molecular flexibility index (Phi) is 3.21. The number of thiophene rings is 1. The third kappa shape index (κ3) is 2.23. The molecule has 0 atom stereocenters. The molecule has 0 saturated carbocycles. The molecule has 0 spiro atoms. The average molecular weight is 299 g/mol. The minimum absolute atomic E-state index is 0.0787. The first-order valence-corrected chi connectivity index (χ1v) is 6.25. The Morgan fingerprint density at radius 3 is 2.62 bits per heavy atom. The zero-order chi connectivity index (χ0) is 11.7. The Balaban J connectivity index is 2.41. The lowest BCUT2D eigenvalue weighted by molar-refractivity contribution is 0.104. The quantitative estimate of drug-likeness (QED) is 0.760. The molecule has 1 aromatic carbocycles. The van der Waals surface area contributed by atoms with E-state index >= 15 is 0 Å². The Morgan fingerprint density at radius 2 is 2.06 bits per heavy atom. The van der Waals surface area contributed by atoms with Gasteiger partial charge in [0.1, 0.15) is 5.82 Å². The number of ketones is 1. The maximum Gasteiger partial charge on any atom is 0.204 e. The molecule has 0 saturated heterocycles. The van der Waals surface area contributed by atoms with E-state index in [-0.39, 0.29) is 11.6 Å². The van der Waals surface area contributed by atoms with Crippen molar-refractivity contribution in [1.29, 1.82) is 0 Å². The van der Waals surface area contributed by atoms with Gasteiger partial charge in [-0.1, -0.05) is 0 Å². The van der Waals surface area contributed by atoms with Crippen molar-refractivity contribution in [2.24, 2.45) is 0 Å². The smallest absolute Gasteiger partial charge is 0.204 e. The van der Waals surface area contributed by atoms with Crippen LogP contribution in [0.25, 0.3) is 0 Å². The molecule has 4 heteroatoms. The highest BCUT2D eigenvalue weighted by atomic mass is 79.9. The van der Waals surface area contributed by atoms with Crippen molar-refractivity contribution < 1.29 is 9.18 Å². The molecule has 0 aliphatic carbocycles. The highest BCUT2D eigenvalue weighted by molar-refractivity contribution is 9.10. The van der Waals surface area contributed by atoms with Gasteiger partial charge in [-0.05, 0) is 53.2 Å². The summed E-state index contributed by atoms with van der Waals surface area (Å²) in [6, 6.07) is 7.77. The first-order valence-electron chi connectivity index (χ1n) is 4.64. The molecule has 0 radical (unpaired) electrons.